The number of rotatable bonds is 16. The first kappa shape index (κ1) is 34.7. The van der Waals surface area contributed by atoms with Crippen molar-refractivity contribution < 1.29 is 39.6 Å². The van der Waals surface area contributed by atoms with Crippen molar-refractivity contribution in [1.82, 2.24) is 16.0 Å². The molecule has 0 saturated carbocycles. The highest BCUT2D eigenvalue weighted by atomic mass is 32.2. The quantitative estimate of drug-likeness (QED) is 0.113. The van der Waals surface area contributed by atoms with Crippen LogP contribution in [0.4, 0.5) is 0 Å². The van der Waals surface area contributed by atoms with Crippen LogP contribution < -0.4 is 21.7 Å². The number of carbonyl (C=O) groups is 4. The topological polar surface area (TPSA) is 211 Å². The van der Waals surface area contributed by atoms with Crippen LogP contribution in [0.1, 0.15) is 23.1 Å². The number of phenols is 3. The number of nitrogens with one attached hydrogen (secondary N) is 3. The first-order chi connectivity index (χ1) is 21.4. The fourth-order valence-electron chi connectivity index (χ4n) is 4.45. The molecule has 4 atom stereocenters. The molecule has 3 rings (SSSR count). The second kappa shape index (κ2) is 16.9. The van der Waals surface area contributed by atoms with Gasteiger partial charge in [-0.2, -0.15) is 11.8 Å². The first-order valence-corrected chi connectivity index (χ1v) is 15.6. The third-order valence-corrected chi connectivity index (χ3v) is 7.62. The highest BCUT2D eigenvalue weighted by Crippen LogP contribution is 2.15. The molecule has 240 valence electrons. The summed E-state index contributed by atoms with van der Waals surface area (Å²) in [5, 5.41) is 46.4. The Bertz CT molecular complexity index is 1440. The van der Waals surface area contributed by atoms with Gasteiger partial charge in [0.1, 0.15) is 35.4 Å². The maximum absolute atomic E-state index is 13.7. The van der Waals surface area contributed by atoms with Crippen LogP contribution in [0.3, 0.4) is 0 Å². The summed E-state index contributed by atoms with van der Waals surface area (Å²) in [6.07, 6.45) is 2.06. The molecule has 0 aliphatic heterocycles. The number of thioether (sulfide) groups is 1. The third kappa shape index (κ3) is 11.4. The number of phenolic OH excluding ortho intramolecular Hbond substituents is 3. The Morgan fingerprint density at radius 1 is 0.622 bits per heavy atom. The molecular formula is C32H38N4O8S. The molecular weight excluding hydrogens is 600 g/mol. The summed E-state index contributed by atoms with van der Waals surface area (Å²) in [4.78, 5) is 52.1. The van der Waals surface area contributed by atoms with Gasteiger partial charge in [0.05, 0.1) is 6.04 Å². The van der Waals surface area contributed by atoms with E-state index in [1.54, 1.807) is 36.4 Å². The number of carboxylic acids is 1. The average molecular weight is 639 g/mol. The minimum absolute atomic E-state index is 0.00658. The molecule has 3 aromatic rings. The molecule has 4 unspecified atom stereocenters. The van der Waals surface area contributed by atoms with Crippen molar-refractivity contribution in [3.05, 3.63) is 89.5 Å². The summed E-state index contributed by atoms with van der Waals surface area (Å²) in [5.74, 6) is -2.74. The van der Waals surface area contributed by atoms with Crippen LogP contribution >= 0.6 is 11.8 Å². The van der Waals surface area contributed by atoms with Crippen LogP contribution in [-0.4, -0.2) is 80.3 Å². The minimum Gasteiger partial charge on any atom is -0.508 e. The van der Waals surface area contributed by atoms with Gasteiger partial charge in [-0.3, -0.25) is 14.4 Å². The molecule has 0 spiro atoms. The zero-order valence-corrected chi connectivity index (χ0v) is 25.5. The van der Waals surface area contributed by atoms with Crippen LogP contribution in [-0.2, 0) is 38.4 Å². The minimum atomic E-state index is -1.23. The van der Waals surface area contributed by atoms with Crippen LogP contribution in [0, 0.1) is 0 Å². The predicted octanol–water partition coefficient (Wildman–Crippen LogP) is 1.45. The van der Waals surface area contributed by atoms with Crippen molar-refractivity contribution >= 4 is 35.5 Å². The van der Waals surface area contributed by atoms with Gasteiger partial charge in [-0.15, -0.1) is 0 Å². The normalized spacial score (nSPS) is 13.6. The highest BCUT2D eigenvalue weighted by molar-refractivity contribution is 7.98. The fourth-order valence-corrected chi connectivity index (χ4v) is 4.92. The number of hydrogen-bond donors (Lipinski definition) is 8. The van der Waals surface area contributed by atoms with Gasteiger partial charge in [0.25, 0.3) is 0 Å². The van der Waals surface area contributed by atoms with E-state index in [-0.39, 0.29) is 42.9 Å². The number of carbonyl (C=O) groups excluding carboxylic acids is 3. The summed E-state index contributed by atoms with van der Waals surface area (Å²) in [5.41, 5.74) is 8.03. The van der Waals surface area contributed by atoms with Gasteiger partial charge in [0.2, 0.25) is 17.7 Å². The van der Waals surface area contributed by atoms with Crippen molar-refractivity contribution in [3.63, 3.8) is 0 Å². The Hall–Kier alpha value is -4.75. The van der Waals surface area contributed by atoms with Gasteiger partial charge in [-0.25, -0.2) is 4.79 Å². The summed E-state index contributed by atoms with van der Waals surface area (Å²) < 4.78 is 0. The van der Waals surface area contributed by atoms with Crippen molar-refractivity contribution in [3.8, 4) is 17.2 Å². The zero-order valence-electron chi connectivity index (χ0n) is 24.7. The lowest BCUT2D eigenvalue weighted by Gasteiger charge is -2.25. The van der Waals surface area contributed by atoms with Gasteiger partial charge in [0.15, 0.2) is 0 Å². The van der Waals surface area contributed by atoms with Crippen LogP contribution in [0.15, 0.2) is 72.8 Å². The molecule has 13 heteroatoms. The fraction of sp³-hybridized carbons (Fsp3) is 0.312. The number of nitrogens with two attached hydrogens (primary N) is 1. The smallest absolute Gasteiger partial charge is 0.326 e. The summed E-state index contributed by atoms with van der Waals surface area (Å²) >= 11 is 1.43. The molecule has 0 saturated heterocycles. The van der Waals surface area contributed by atoms with Gasteiger partial charge in [0, 0.05) is 12.8 Å². The van der Waals surface area contributed by atoms with Gasteiger partial charge in [-0.05, 0) is 77.9 Å². The van der Waals surface area contributed by atoms with Crippen molar-refractivity contribution in [2.45, 2.75) is 49.9 Å². The summed E-state index contributed by atoms with van der Waals surface area (Å²) in [6.45, 7) is 0. The van der Waals surface area contributed by atoms with Crippen LogP contribution in [0.2, 0.25) is 0 Å². The van der Waals surface area contributed by atoms with Crippen LogP contribution in [0.25, 0.3) is 0 Å². The maximum atomic E-state index is 13.7. The molecule has 0 bridgehead atoms. The summed E-state index contributed by atoms with van der Waals surface area (Å²) in [7, 11) is 0. The molecule has 0 aromatic heterocycles. The Kier molecular flexibility index (Phi) is 13.1. The van der Waals surface area contributed by atoms with Gasteiger partial charge >= 0.3 is 5.97 Å². The Morgan fingerprint density at radius 3 is 1.36 bits per heavy atom. The molecule has 0 fully saturated rings. The summed E-state index contributed by atoms with van der Waals surface area (Å²) in [6, 6.07) is 13.6. The monoisotopic (exact) mass is 638 g/mol. The lowest BCUT2D eigenvalue weighted by Crippen LogP contribution is -2.58. The zero-order chi connectivity index (χ0) is 32.9. The molecule has 12 nitrogen and oxygen atoms in total. The molecule has 3 amide bonds. The average Bonchev–Trinajstić information content (AvgIpc) is 3.01. The van der Waals surface area contributed by atoms with E-state index in [0.29, 0.717) is 22.4 Å². The first-order valence-electron chi connectivity index (χ1n) is 14.2. The highest BCUT2D eigenvalue weighted by Gasteiger charge is 2.31. The van der Waals surface area contributed by atoms with E-state index >= 15 is 0 Å². The Balaban J connectivity index is 1.84. The second-order valence-corrected chi connectivity index (χ2v) is 11.5. The van der Waals surface area contributed by atoms with E-state index in [9.17, 15) is 39.6 Å². The number of carboxylic acid groups (broad SMARTS) is 1. The van der Waals surface area contributed by atoms with Crippen LogP contribution in [0.5, 0.6) is 17.2 Å². The van der Waals surface area contributed by atoms with Gasteiger partial charge in [-0.1, -0.05) is 36.4 Å². The number of benzene rings is 3. The molecule has 3 aromatic carbocycles. The standard InChI is InChI=1S/C32H38N4O8S/c1-45-15-14-26(32(43)44)34-30(41)28(18-21-6-12-24(39)13-7-21)36-31(42)27(17-20-4-10-23(38)11-5-20)35-29(40)25(33)16-19-2-8-22(37)9-3-19/h2-13,25-28,37-39H,14-18,33H2,1H3,(H,34,41)(H,35,40)(H,36,42)(H,43,44). The van der Waals surface area contributed by atoms with E-state index in [0.717, 1.165) is 0 Å². The van der Waals surface area contributed by atoms with E-state index in [1.807, 2.05) is 6.26 Å². The largest absolute Gasteiger partial charge is 0.508 e. The lowest BCUT2D eigenvalue weighted by molar-refractivity contribution is -0.142. The molecule has 0 radical (unpaired) electrons. The third-order valence-electron chi connectivity index (χ3n) is 6.97. The van der Waals surface area contributed by atoms with E-state index in [4.69, 9.17) is 5.73 Å². The molecule has 0 heterocycles. The molecule has 9 N–H and O–H groups in total. The SMILES string of the molecule is CSCCC(NC(=O)C(Cc1ccc(O)cc1)NC(=O)C(Cc1ccc(O)cc1)NC(=O)C(N)Cc1ccc(O)cc1)C(=O)O. The van der Waals surface area contributed by atoms with Crippen molar-refractivity contribution in [1.29, 1.82) is 0 Å². The molecule has 0 aliphatic rings. The van der Waals surface area contributed by atoms with E-state index in [2.05, 4.69) is 16.0 Å². The Labute approximate surface area is 265 Å². The van der Waals surface area contributed by atoms with Crippen molar-refractivity contribution in [2.75, 3.05) is 12.0 Å². The molecule has 45 heavy (non-hydrogen) atoms. The number of aromatic hydroxyl groups is 3. The van der Waals surface area contributed by atoms with E-state index < -0.39 is 47.9 Å². The number of aliphatic carboxylic acids is 1. The van der Waals surface area contributed by atoms with Gasteiger partial charge < -0.3 is 42.1 Å². The predicted molar refractivity (Wildman–Crippen MR) is 170 cm³/mol. The lowest BCUT2D eigenvalue weighted by atomic mass is 10.0. The maximum Gasteiger partial charge on any atom is 0.326 e. The Morgan fingerprint density at radius 2 is 0.978 bits per heavy atom. The van der Waals surface area contributed by atoms with Crippen molar-refractivity contribution in [2.24, 2.45) is 5.73 Å². The number of amides is 3. The molecule has 0 aliphatic carbocycles. The van der Waals surface area contributed by atoms with E-state index in [1.165, 1.54) is 48.2 Å². The second-order valence-electron chi connectivity index (χ2n) is 10.5. The number of hydrogen-bond acceptors (Lipinski definition) is 9.